The van der Waals surface area contributed by atoms with Crippen LogP contribution >= 0.6 is 0 Å². The van der Waals surface area contributed by atoms with Crippen LogP contribution < -0.4 is 5.32 Å². The van der Waals surface area contributed by atoms with Gasteiger partial charge in [-0.3, -0.25) is 14.4 Å². The second kappa shape index (κ2) is 10.7. The van der Waals surface area contributed by atoms with Crippen LogP contribution in [0.25, 0.3) is 10.4 Å². The summed E-state index contributed by atoms with van der Waals surface area (Å²) in [6.45, 7) is 8.27. The Bertz CT molecular complexity index is 1110. The van der Waals surface area contributed by atoms with E-state index < -0.39 is 24.2 Å². The van der Waals surface area contributed by atoms with Crippen LogP contribution in [0.5, 0.6) is 0 Å². The van der Waals surface area contributed by atoms with Crippen LogP contribution in [0.3, 0.4) is 0 Å². The van der Waals surface area contributed by atoms with Gasteiger partial charge in [-0.05, 0) is 79.8 Å². The molecular formula is C28H38N6O4. The van der Waals surface area contributed by atoms with Crippen molar-refractivity contribution in [1.82, 2.24) is 15.1 Å². The molecule has 1 saturated carbocycles. The molecule has 3 heterocycles. The molecule has 0 unspecified atom stereocenters. The van der Waals surface area contributed by atoms with Gasteiger partial charge in [0.25, 0.3) is 5.91 Å². The standard InChI is InChI=1S/C28H38N6O4/c1-28(2,3)14-21(27(37)34-15-22(31-32-29)25-24(34)23(35)16-38-25)30-26(36)19-6-4-17(5-7-19)18-10-12-33(13-11-18)20-8-9-20/h4-7,18,20-22,24-25H,8-16H2,1-3H3,(H,30,36)/t21-,22-,24+,25+/m0/s1. The van der Waals surface area contributed by atoms with Gasteiger partial charge < -0.3 is 19.9 Å². The SMILES string of the molecule is CC(C)(C)C[C@H](NC(=O)c1ccc(C2CCN(C3CC3)CC2)cc1)C(=O)N1C[C@H](N=[N+]=[N-])[C@H]2OCC(=O)[C@H]21. The monoisotopic (exact) mass is 522 g/mol. The predicted octanol–water partition coefficient (Wildman–Crippen LogP) is 3.42. The number of nitrogens with one attached hydrogen (secondary N) is 1. The Morgan fingerprint density at radius 1 is 1.16 bits per heavy atom. The molecule has 4 atom stereocenters. The zero-order chi connectivity index (χ0) is 27.0. The first kappa shape index (κ1) is 26.7. The molecular weight excluding hydrogens is 484 g/mol. The van der Waals surface area contributed by atoms with Gasteiger partial charge in [-0.25, -0.2) is 0 Å². The Morgan fingerprint density at radius 2 is 1.84 bits per heavy atom. The number of azide groups is 1. The minimum atomic E-state index is -0.826. The lowest BCUT2D eigenvalue weighted by atomic mass is 9.87. The molecule has 0 bridgehead atoms. The molecule has 5 rings (SSSR count). The van der Waals surface area contributed by atoms with E-state index in [1.807, 2.05) is 45.0 Å². The number of hydrogen-bond donors (Lipinski definition) is 1. The summed E-state index contributed by atoms with van der Waals surface area (Å²) in [5, 5.41) is 6.70. The van der Waals surface area contributed by atoms with E-state index in [-0.39, 0.29) is 36.2 Å². The second-order valence-electron chi connectivity index (χ2n) is 12.4. The topological polar surface area (TPSA) is 128 Å². The van der Waals surface area contributed by atoms with E-state index in [1.54, 1.807) is 0 Å². The van der Waals surface area contributed by atoms with Gasteiger partial charge in [-0.1, -0.05) is 38.0 Å². The van der Waals surface area contributed by atoms with E-state index >= 15 is 0 Å². The number of amides is 2. The molecule has 1 aliphatic carbocycles. The van der Waals surface area contributed by atoms with Gasteiger partial charge in [0, 0.05) is 23.1 Å². The van der Waals surface area contributed by atoms with Crippen molar-refractivity contribution in [3.63, 3.8) is 0 Å². The van der Waals surface area contributed by atoms with Crippen LogP contribution in [0, 0.1) is 5.41 Å². The summed E-state index contributed by atoms with van der Waals surface area (Å²) in [5.74, 6) is -0.371. The molecule has 2 amide bonds. The Balaban J connectivity index is 1.27. The van der Waals surface area contributed by atoms with Crippen LogP contribution in [0.2, 0.25) is 0 Å². The third-order valence-corrected chi connectivity index (χ3v) is 8.30. The third kappa shape index (κ3) is 5.72. The third-order valence-electron chi connectivity index (χ3n) is 8.30. The summed E-state index contributed by atoms with van der Waals surface area (Å²) >= 11 is 0. The van der Waals surface area contributed by atoms with Crippen LogP contribution in [0.4, 0.5) is 0 Å². The number of hydrogen-bond acceptors (Lipinski definition) is 6. The smallest absolute Gasteiger partial charge is 0.251 e. The van der Waals surface area contributed by atoms with E-state index in [1.165, 1.54) is 23.3 Å². The number of ketones is 1. The van der Waals surface area contributed by atoms with Gasteiger partial charge in [0.1, 0.15) is 18.7 Å². The predicted molar refractivity (Wildman–Crippen MR) is 142 cm³/mol. The lowest BCUT2D eigenvalue weighted by Gasteiger charge is -2.32. The quantitative estimate of drug-likeness (QED) is 0.333. The van der Waals surface area contributed by atoms with E-state index in [9.17, 15) is 14.4 Å². The molecule has 10 nitrogen and oxygen atoms in total. The lowest BCUT2D eigenvalue weighted by Crippen LogP contribution is -2.53. The van der Waals surface area contributed by atoms with Gasteiger partial charge in [-0.15, -0.1) is 0 Å². The lowest BCUT2D eigenvalue weighted by molar-refractivity contribution is -0.138. The summed E-state index contributed by atoms with van der Waals surface area (Å²) in [5.41, 5.74) is 10.4. The highest BCUT2D eigenvalue weighted by molar-refractivity contribution is 5.99. The van der Waals surface area contributed by atoms with E-state index in [0.29, 0.717) is 17.9 Å². The van der Waals surface area contributed by atoms with Crippen molar-refractivity contribution in [3.8, 4) is 0 Å². The zero-order valence-corrected chi connectivity index (χ0v) is 22.5. The van der Waals surface area contributed by atoms with Gasteiger partial charge >= 0.3 is 0 Å². The van der Waals surface area contributed by atoms with Crippen molar-refractivity contribution in [2.24, 2.45) is 10.5 Å². The molecule has 0 spiro atoms. The maximum atomic E-state index is 13.7. The Kier molecular flexibility index (Phi) is 7.49. The molecule has 0 radical (unpaired) electrons. The summed E-state index contributed by atoms with van der Waals surface area (Å²) in [4.78, 5) is 46.5. The highest BCUT2D eigenvalue weighted by Crippen LogP contribution is 2.35. The van der Waals surface area contributed by atoms with Crippen LogP contribution in [-0.4, -0.2) is 83.9 Å². The summed E-state index contributed by atoms with van der Waals surface area (Å²) in [7, 11) is 0. The number of piperidine rings is 1. The van der Waals surface area contributed by atoms with Crippen LogP contribution in [0.1, 0.15) is 74.7 Å². The highest BCUT2D eigenvalue weighted by atomic mass is 16.5. The number of likely N-dealkylation sites (tertiary alicyclic amines) is 2. The van der Waals surface area contributed by atoms with Gasteiger partial charge in [0.05, 0.1) is 12.1 Å². The van der Waals surface area contributed by atoms with Crippen molar-refractivity contribution in [2.45, 2.75) is 89.1 Å². The van der Waals surface area contributed by atoms with Gasteiger partial charge in [-0.2, -0.15) is 0 Å². The number of Topliss-reactive ketones (excluding diaryl/α,β-unsaturated/α-hetero) is 1. The summed E-state index contributed by atoms with van der Waals surface area (Å²) in [6.07, 6.45) is 4.71. The van der Waals surface area contributed by atoms with E-state index in [4.69, 9.17) is 10.3 Å². The zero-order valence-electron chi connectivity index (χ0n) is 22.5. The molecule has 10 heteroatoms. The fourth-order valence-corrected chi connectivity index (χ4v) is 6.22. The van der Waals surface area contributed by atoms with Crippen molar-refractivity contribution < 1.29 is 19.1 Å². The fourth-order valence-electron chi connectivity index (χ4n) is 6.22. The van der Waals surface area contributed by atoms with Gasteiger partial charge in [0.15, 0.2) is 5.78 Å². The van der Waals surface area contributed by atoms with Crippen molar-refractivity contribution >= 4 is 17.6 Å². The molecule has 38 heavy (non-hydrogen) atoms. The number of carbonyl (C=O) groups is 3. The second-order valence-corrected chi connectivity index (χ2v) is 12.4. The van der Waals surface area contributed by atoms with Crippen molar-refractivity contribution in [2.75, 3.05) is 26.2 Å². The molecule has 4 fully saturated rings. The number of carbonyl (C=O) groups excluding carboxylic acids is 3. The number of rotatable bonds is 7. The fraction of sp³-hybridized carbons (Fsp3) is 0.679. The Morgan fingerprint density at radius 3 is 2.45 bits per heavy atom. The first-order valence-corrected chi connectivity index (χ1v) is 13.8. The Hall–Kier alpha value is -2.94. The molecule has 4 aliphatic rings. The average Bonchev–Trinajstić information content (AvgIpc) is 3.58. The van der Waals surface area contributed by atoms with Crippen LogP contribution in [0.15, 0.2) is 29.4 Å². The molecule has 3 aliphatic heterocycles. The van der Waals surface area contributed by atoms with Gasteiger partial charge in [0.2, 0.25) is 5.91 Å². The average molecular weight is 523 g/mol. The largest absolute Gasteiger partial charge is 0.367 e. The number of fused-ring (bicyclic) bond motifs is 1. The number of ether oxygens (including phenoxy) is 1. The van der Waals surface area contributed by atoms with E-state index in [0.717, 1.165) is 32.0 Å². The van der Waals surface area contributed by atoms with Crippen LogP contribution in [-0.2, 0) is 14.3 Å². The maximum absolute atomic E-state index is 13.7. The number of nitrogens with zero attached hydrogens (tertiary/aromatic N) is 5. The molecule has 204 valence electrons. The molecule has 1 aromatic carbocycles. The highest BCUT2D eigenvalue weighted by Gasteiger charge is 2.53. The van der Waals surface area contributed by atoms with E-state index in [2.05, 4.69) is 20.2 Å². The molecule has 3 saturated heterocycles. The summed E-state index contributed by atoms with van der Waals surface area (Å²) in [6, 6.07) is 6.32. The minimum absolute atomic E-state index is 0.0920. The first-order chi connectivity index (χ1) is 18.1. The number of benzene rings is 1. The van der Waals surface area contributed by atoms with Crippen molar-refractivity contribution in [3.05, 3.63) is 45.8 Å². The molecule has 1 N–H and O–H groups in total. The normalized spacial score (nSPS) is 27.1. The summed E-state index contributed by atoms with van der Waals surface area (Å²) < 4.78 is 5.55. The van der Waals surface area contributed by atoms with Crippen molar-refractivity contribution in [1.29, 1.82) is 0 Å². The molecule has 1 aromatic rings. The maximum Gasteiger partial charge on any atom is 0.251 e. The molecule has 0 aromatic heterocycles. The minimum Gasteiger partial charge on any atom is -0.367 e. The first-order valence-electron chi connectivity index (χ1n) is 13.8. The Labute approximate surface area is 223 Å².